The number of sulfone groups is 1. The van der Waals surface area contributed by atoms with Crippen LogP contribution in [0.4, 0.5) is 0 Å². The summed E-state index contributed by atoms with van der Waals surface area (Å²) in [7, 11) is -3.28. The number of nitrogens with zero attached hydrogens (tertiary/aromatic N) is 2. The van der Waals surface area contributed by atoms with Gasteiger partial charge in [0.15, 0.2) is 9.84 Å². The van der Waals surface area contributed by atoms with E-state index in [1.54, 1.807) is 25.1 Å². The molecule has 2 heterocycles. The Morgan fingerprint density at radius 2 is 1.69 bits per heavy atom. The third-order valence-corrected chi connectivity index (χ3v) is 6.49. The van der Waals surface area contributed by atoms with Crippen LogP contribution < -0.4 is 5.32 Å². The molecule has 1 amide bonds. The van der Waals surface area contributed by atoms with Gasteiger partial charge < -0.3 is 9.84 Å². The summed E-state index contributed by atoms with van der Waals surface area (Å²) in [6.07, 6.45) is 1.16. The van der Waals surface area contributed by atoms with Gasteiger partial charge in [0.1, 0.15) is 0 Å². The van der Waals surface area contributed by atoms with Gasteiger partial charge in [-0.3, -0.25) is 4.79 Å². The number of carbonyl (C=O) groups is 1. The van der Waals surface area contributed by atoms with Crippen molar-refractivity contribution < 1.29 is 17.7 Å². The SMILES string of the molecule is Cc1ccc(-c2cc(C(=O)NC(C)c3ccc(S(C)(=O)=O)cc3)c3c(C)noc3n2)cc1. The smallest absolute Gasteiger partial charge is 0.259 e. The van der Waals surface area contributed by atoms with Crippen LogP contribution in [0.1, 0.15) is 40.1 Å². The summed E-state index contributed by atoms with van der Waals surface area (Å²) in [5, 5.41) is 7.53. The van der Waals surface area contributed by atoms with Crippen LogP contribution in [-0.2, 0) is 9.84 Å². The fourth-order valence-electron chi connectivity index (χ4n) is 3.51. The minimum atomic E-state index is -3.28. The second kappa shape index (κ2) is 8.20. The Morgan fingerprint density at radius 1 is 1.03 bits per heavy atom. The molecule has 7 nitrogen and oxygen atoms in total. The molecular weight excluding hydrogens is 426 g/mol. The highest BCUT2D eigenvalue weighted by atomic mass is 32.2. The molecule has 0 radical (unpaired) electrons. The van der Waals surface area contributed by atoms with E-state index >= 15 is 0 Å². The number of carbonyl (C=O) groups excluding carboxylic acids is 1. The lowest BCUT2D eigenvalue weighted by atomic mass is 10.0. The zero-order valence-electron chi connectivity index (χ0n) is 18.2. The van der Waals surface area contributed by atoms with E-state index < -0.39 is 9.84 Å². The first-order valence-electron chi connectivity index (χ1n) is 10.1. The third-order valence-electron chi connectivity index (χ3n) is 5.36. The minimum absolute atomic E-state index is 0.235. The molecule has 0 bridgehead atoms. The molecule has 4 aromatic rings. The Balaban J connectivity index is 1.68. The molecule has 4 rings (SSSR count). The molecule has 0 aliphatic carbocycles. The maximum Gasteiger partial charge on any atom is 0.259 e. The fraction of sp³-hybridized carbons (Fsp3) is 0.208. The van der Waals surface area contributed by atoms with Crippen LogP contribution in [0, 0.1) is 13.8 Å². The molecule has 0 fully saturated rings. The molecule has 32 heavy (non-hydrogen) atoms. The molecule has 0 saturated heterocycles. The first-order chi connectivity index (χ1) is 15.1. The van der Waals surface area contributed by atoms with E-state index in [1.165, 1.54) is 12.1 Å². The van der Waals surface area contributed by atoms with Crippen LogP contribution in [0.25, 0.3) is 22.4 Å². The van der Waals surface area contributed by atoms with Gasteiger partial charge in [-0.15, -0.1) is 0 Å². The van der Waals surface area contributed by atoms with E-state index in [0.29, 0.717) is 28.1 Å². The zero-order valence-corrected chi connectivity index (χ0v) is 19.0. The molecule has 0 spiro atoms. The van der Waals surface area contributed by atoms with Crippen molar-refractivity contribution in [3.05, 3.63) is 77.0 Å². The second-order valence-corrected chi connectivity index (χ2v) is 9.92. The summed E-state index contributed by atoms with van der Waals surface area (Å²) in [4.78, 5) is 18.0. The van der Waals surface area contributed by atoms with E-state index in [-0.39, 0.29) is 16.8 Å². The van der Waals surface area contributed by atoms with Crippen molar-refractivity contribution in [1.82, 2.24) is 15.5 Å². The van der Waals surface area contributed by atoms with Gasteiger partial charge in [-0.25, -0.2) is 13.4 Å². The van der Waals surface area contributed by atoms with E-state index in [0.717, 1.165) is 22.9 Å². The lowest BCUT2D eigenvalue weighted by Gasteiger charge is -2.15. The monoisotopic (exact) mass is 449 g/mol. The zero-order chi connectivity index (χ0) is 23.0. The van der Waals surface area contributed by atoms with Crippen molar-refractivity contribution >= 4 is 26.8 Å². The normalized spacial score (nSPS) is 12.6. The first-order valence-corrected chi connectivity index (χ1v) is 12.0. The van der Waals surface area contributed by atoms with Crippen molar-refractivity contribution in [2.24, 2.45) is 0 Å². The number of pyridine rings is 1. The van der Waals surface area contributed by atoms with Gasteiger partial charge in [0.25, 0.3) is 11.6 Å². The van der Waals surface area contributed by atoms with Gasteiger partial charge in [0.05, 0.1) is 33.3 Å². The molecule has 0 aliphatic heterocycles. The predicted molar refractivity (Wildman–Crippen MR) is 122 cm³/mol. The van der Waals surface area contributed by atoms with Gasteiger partial charge in [0.2, 0.25) is 0 Å². The molecule has 8 heteroatoms. The average molecular weight is 450 g/mol. The van der Waals surface area contributed by atoms with Crippen molar-refractivity contribution in [2.45, 2.75) is 31.7 Å². The van der Waals surface area contributed by atoms with Crippen molar-refractivity contribution in [3.8, 4) is 11.3 Å². The average Bonchev–Trinajstić information content (AvgIpc) is 3.14. The molecule has 0 aliphatic rings. The number of aromatic nitrogens is 2. The molecule has 1 N–H and O–H groups in total. The quantitative estimate of drug-likeness (QED) is 0.484. The van der Waals surface area contributed by atoms with Gasteiger partial charge in [0, 0.05) is 11.8 Å². The van der Waals surface area contributed by atoms with E-state index in [1.807, 2.05) is 38.1 Å². The largest absolute Gasteiger partial charge is 0.345 e. The topological polar surface area (TPSA) is 102 Å². The van der Waals surface area contributed by atoms with Gasteiger partial charge >= 0.3 is 0 Å². The van der Waals surface area contributed by atoms with Crippen LogP contribution in [0.2, 0.25) is 0 Å². The Labute approximate surface area is 186 Å². The van der Waals surface area contributed by atoms with Crippen LogP contribution in [0.3, 0.4) is 0 Å². The standard InChI is InChI=1S/C24H23N3O4S/c1-14-5-7-18(8-6-14)21-13-20(22-16(3)27-31-24(22)26-21)23(28)25-15(2)17-9-11-19(12-10-17)32(4,29)30/h5-13,15H,1-4H3,(H,25,28). The molecule has 0 saturated carbocycles. The summed E-state index contributed by atoms with van der Waals surface area (Å²) in [5.41, 5.74) is 4.70. The maximum absolute atomic E-state index is 13.3. The number of hydrogen-bond donors (Lipinski definition) is 1. The van der Waals surface area contributed by atoms with Crippen LogP contribution in [0.5, 0.6) is 0 Å². The Bertz CT molecular complexity index is 1410. The Kier molecular flexibility index (Phi) is 5.56. The van der Waals surface area contributed by atoms with Crippen LogP contribution >= 0.6 is 0 Å². The Morgan fingerprint density at radius 3 is 2.31 bits per heavy atom. The van der Waals surface area contributed by atoms with Gasteiger partial charge in [-0.1, -0.05) is 47.1 Å². The third kappa shape index (κ3) is 4.27. The number of rotatable bonds is 5. The minimum Gasteiger partial charge on any atom is -0.345 e. The molecule has 2 aromatic carbocycles. The van der Waals surface area contributed by atoms with E-state index in [9.17, 15) is 13.2 Å². The molecule has 1 unspecified atom stereocenters. The van der Waals surface area contributed by atoms with E-state index in [2.05, 4.69) is 15.5 Å². The first kappa shape index (κ1) is 21.7. The highest BCUT2D eigenvalue weighted by molar-refractivity contribution is 7.90. The number of amides is 1. The van der Waals surface area contributed by atoms with Crippen LogP contribution in [0.15, 0.2) is 64.0 Å². The second-order valence-electron chi connectivity index (χ2n) is 7.91. The summed E-state index contributed by atoms with van der Waals surface area (Å²) in [5.74, 6) is -0.295. The van der Waals surface area contributed by atoms with Crippen LogP contribution in [-0.4, -0.2) is 30.7 Å². The summed E-state index contributed by atoms with van der Waals surface area (Å²) < 4.78 is 28.7. The molecule has 1 atom stereocenters. The highest BCUT2D eigenvalue weighted by Gasteiger charge is 2.21. The van der Waals surface area contributed by atoms with E-state index in [4.69, 9.17) is 4.52 Å². The lowest BCUT2D eigenvalue weighted by Crippen LogP contribution is -2.27. The number of nitrogens with one attached hydrogen (secondary N) is 1. The number of fused-ring (bicyclic) bond motifs is 1. The van der Waals surface area contributed by atoms with Gasteiger partial charge in [-0.2, -0.15) is 0 Å². The van der Waals surface area contributed by atoms with Crippen molar-refractivity contribution in [2.75, 3.05) is 6.26 Å². The van der Waals surface area contributed by atoms with Gasteiger partial charge in [-0.05, 0) is 44.5 Å². The Hall–Kier alpha value is -3.52. The summed E-state index contributed by atoms with van der Waals surface area (Å²) >= 11 is 0. The predicted octanol–water partition coefficient (Wildman–Crippen LogP) is 4.40. The molecule has 164 valence electrons. The summed E-state index contributed by atoms with van der Waals surface area (Å²) in [6, 6.07) is 15.7. The van der Waals surface area contributed by atoms with Crippen molar-refractivity contribution in [3.63, 3.8) is 0 Å². The maximum atomic E-state index is 13.3. The molecular formula is C24H23N3O4S. The summed E-state index contributed by atoms with van der Waals surface area (Å²) in [6.45, 7) is 5.61. The number of hydrogen-bond acceptors (Lipinski definition) is 6. The molecule has 2 aromatic heterocycles. The number of benzene rings is 2. The lowest BCUT2D eigenvalue weighted by molar-refractivity contribution is 0.0941. The number of aryl methyl sites for hydroxylation is 2. The fourth-order valence-corrected chi connectivity index (χ4v) is 4.14. The van der Waals surface area contributed by atoms with Crippen molar-refractivity contribution in [1.29, 1.82) is 0 Å². The highest BCUT2D eigenvalue weighted by Crippen LogP contribution is 2.28.